The van der Waals surface area contributed by atoms with Crippen molar-refractivity contribution in [3.63, 3.8) is 0 Å². The van der Waals surface area contributed by atoms with Crippen molar-refractivity contribution >= 4 is 5.71 Å². The lowest BCUT2D eigenvalue weighted by Gasteiger charge is -2.18. The molecule has 3 aromatic rings. The molecule has 13 heteroatoms. The molecule has 0 aliphatic carbocycles. The molecule has 0 N–H and O–H groups in total. The minimum atomic E-state index is -5.31. The van der Waals surface area contributed by atoms with Gasteiger partial charge in [0.15, 0.2) is 0 Å². The highest BCUT2D eigenvalue weighted by Crippen LogP contribution is 2.39. The monoisotopic (exact) mass is 571 g/mol. The maximum Gasteiger partial charge on any atom is 0.416 e. The predicted molar refractivity (Wildman–Crippen MR) is 118 cm³/mol. The summed E-state index contributed by atoms with van der Waals surface area (Å²) in [5, 5.41) is 0. The fourth-order valence-electron chi connectivity index (χ4n) is 3.65. The Kier molecular flexibility index (Phi) is 8.42. The molecule has 210 valence electrons. The van der Waals surface area contributed by atoms with Crippen molar-refractivity contribution in [1.29, 1.82) is 0 Å². The number of rotatable bonds is 6. The van der Waals surface area contributed by atoms with Gasteiger partial charge in [-0.2, -0.15) is 52.7 Å². The van der Waals surface area contributed by atoms with E-state index < -0.39 is 63.8 Å². The van der Waals surface area contributed by atoms with E-state index in [1.54, 1.807) is 30.3 Å². The van der Waals surface area contributed by atoms with Crippen LogP contribution in [-0.4, -0.2) is 12.3 Å². The quantitative estimate of drug-likeness (QED) is 0.159. The molecular weight excluding hydrogens is 554 g/mol. The number of aryl methyl sites for hydroxylation is 1. The van der Waals surface area contributed by atoms with Gasteiger partial charge in [-0.25, -0.2) is 0 Å². The van der Waals surface area contributed by atoms with Gasteiger partial charge >= 0.3 is 24.7 Å². The minimum Gasteiger partial charge on any atom is -0.284 e. The van der Waals surface area contributed by atoms with Crippen molar-refractivity contribution in [3.8, 4) is 0 Å². The normalized spacial score (nSPS) is 12.9. The summed E-state index contributed by atoms with van der Waals surface area (Å²) in [7, 11) is 0. The molecule has 0 aromatic heterocycles. The molecule has 0 amide bonds. The Labute approximate surface area is 213 Å². The molecule has 0 radical (unpaired) electrons. The van der Waals surface area contributed by atoms with Gasteiger partial charge in [-0.3, -0.25) is 4.99 Å². The SMILES string of the molecule is FC(F)(F)c1cc(C(=NCCCc2ccccc2)c2cc(C(F)(F)F)cc(C(F)(F)F)c2)cc(C(F)(F)F)c1. The first-order valence-electron chi connectivity index (χ1n) is 11.0. The molecule has 3 rings (SSSR count). The third-order valence-electron chi connectivity index (χ3n) is 5.46. The average Bonchev–Trinajstić information content (AvgIpc) is 2.82. The van der Waals surface area contributed by atoms with Crippen LogP contribution in [0.25, 0.3) is 0 Å². The second-order valence-corrected chi connectivity index (χ2v) is 8.41. The summed E-state index contributed by atoms with van der Waals surface area (Å²) < 4.78 is 161. The second-order valence-electron chi connectivity index (χ2n) is 8.41. The zero-order chi connectivity index (χ0) is 29.2. The van der Waals surface area contributed by atoms with Gasteiger partial charge in [-0.05, 0) is 54.8 Å². The third kappa shape index (κ3) is 7.99. The van der Waals surface area contributed by atoms with E-state index in [9.17, 15) is 52.7 Å². The molecule has 0 spiro atoms. The van der Waals surface area contributed by atoms with E-state index >= 15 is 0 Å². The van der Waals surface area contributed by atoms with Crippen molar-refractivity contribution in [2.45, 2.75) is 37.5 Å². The topological polar surface area (TPSA) is 12.4 Å². The van der Waals surface area contributed by atoms with Crippen LogP contribution in [0.2, 0.25) is 0 Å². The standard InChI is InChI=1S/C26H17F12N/c27-23(28,29)18-9-16(10-19(13-18)24(30,31)32)22(39-8-4-7-15-5-2-1-3-6-15)17-11-20(25(33,34)35)14-21(12-17)26(36,37)38/h1-3,5-6,9-14H,4,7-8H2. The van der Waals surface area contributed by atoms with Gasteiger partial charge in [0.25, 0.3) is 0 Å². The van der Waals surface area contributed by atoms with E-state index in [-0.39, 0.29) is 49.4 Å². The van der Waals surface area contributed by atoms with Crippen molar-refractivity contribution in [2.24, 2.45) is 4.99 Å². The third-order valence-corrected chi connectivity index (χ3v) is 5.46. The summed E-state index contributed by atoms with van der Waals surface area (Å²) in [5.74, 6) is 0. The maximum absolute atomic E-state index is 13.4. The first-order chi connectivity index (χ1) is 17.9. The fraction of sp³-hybridized carbons (Fsp3) is 0.269. The number of aliphatic imine (C=N–C) groups is 1. The number of hydrogen-bond acceptors (Lipinski definition) is 1. The minimum absolute atomic E-state index is 0.143. The zero-order valence-electron chi connectivity index (χ0n) is 19.5. The van der Waals surface area contributed by atoms with Gasteiger partial charge in [0.2, 0.25) is 0 Å². The molecule has 0 heterocycles. The van der Waals surface area contributed by atoms with Gasteiger partial charge in [0.1, 0.15) is 0 Å². The van der Waals surface area contributed by atoms with E-state index in [2.05, 4.69) is 4.99 Å². The van der Waals surface area contributed by atoms with Gasteiger partial charge in [-0.1, -0.05) is 30.3 Å². The van der Waals surface area contributed by atoms with Crippen molar-refractivity contribution < 1.29 is 52.7 Å². The highest BCUT2D eigenvalue weighted by molar-refractivity contribution is 6.13. The van der Waals surface area contributed by atoms with Crippen LogP contribution in [0.15, 0.2) is 71.7 Å². The van der Waals surface area contributed by atoms with Crippen LogP contribution >= 0.6 is 0 Å². The molecule has 0 aliphatic rings. The summed E-state index contributed by atoms with van der Waals surface area (Å²) in [5.41, 5.74) is -9.17. The van der Waals surface area contributed by atoms with Crippen LogP contribution in [0.1, 0.15) is 45.4 Å². The summed E-state index contributed by atoms with van der Waals surface area (Å²) in [4.78, 5) is 3.92. The Morgan fingerprint density at radius 3 is 1.21 bits per heavy atom. The van der Waals surface area contributed by atoms with Crippen LogP contribution in [-0.2, 0) is 31.1 Å². The van der Waals surface area contributed by atoms with Crippen LogP contribution in [0.5, 0.6) is 0 Å². The van der Waals surface area contributed by atoms with E-state index in [0.717, 1.165) is 5.56 Å². The average molecular weight is 571 g/mol. The summed E-state index contributed by atoms with van der Waals surface area (Å²) >= 11 is 0. The molecule has 0 bridgehead atoms. The van der Waals surface area contributed by atoms with Gasteiger partial charge in [-0.15, -0.1) is 0 Å². The van der Waals surface area contributed by atoms with Crippen LogP contribution in [0.4, 0.5) is 52.7 Å². The Bertz CT molecular complexity index is 1170. The Balaban J connectivity index is 2.23. The molecular formula is C26H17F12N. The van der Waals surface area contributed by atoms with E-state index in [1.165, 1.54) is 0 Å². The van der Waals surface area contributed by atoms with E-state index in [0.29, 0.717) is 6.42 Å². The molecule has 1 nitrogen and oxygen atoms in total. The molecule has 0 unspecified atom stereocenters. The Morgan fingerprint density at radius 2 is 0.872 bits per heavy atom. The zero-order valence-corrected chi connectivity index (χ0v) is 19.5. The lowest BCUT2D eigenvalue weighted by atomic mass is 9.94. The van der Waals surface area contributed by atoms with Gasteiger partial charge in [0, 0.05) is 17.7 Å². The van der Waals surface area contributed by atoms with Crippen molar-refractivity contribution in [2.75, 3.05) is 6.54 Å². The fourth-order valence-corrected chi connectivity index (χ4v) is 3.65. The molecule has 0 atom stereocenters. The molecule has 0 saturated heterocycles. The van der Waals surface area contributed by atoms with Crippen LogP contribution < -0.4 is 0 Å². The summed E-state index contributed by atoms with van der Waals surface area (Å²) in [6.45, 7) is -0.320. The van der Waals surface area contributed by atoms with E-state index in [1.807, 2.05) is 0 Å². The summed E-state index contributed by atoms with van der Waals surface area (Å²) in [6.07, 6.45) is -20.8. The number of hydrogen-bond donors (Lipinski definition) is 0. The second kappa shape index (κ2) is 10.9. The Morgan fingerprint density at radius 1 is 0.513 bits per heavy atom. The van der Waals surface area contributed by atoms with Crippen molar-refractivity contribution in [1.82, 2.24) is 0 Å². The highest BCUT2D eigenvalue weighted by atomic mass is 19.4. The van der Waals surface area contributed by atoms with Crippen LogP contribution in [0.3, 0.4) is 0 Å². The number of alkyl halides is 12. The first-order valence-corrected chi connectivity index (χ1v) is 11.0. The predicted octanol–water partition coefficient (Wildman–Crippen LogP) is 9.23. The molecule has 0 aliphatic heterocycles. The molecule has 0 fully saturated rings. The first kappa shape index (κ1) is 30.0. The lowest BCUT2D eigenvalue weighted by molar-refractivity contribution is -0.144. The van der Waals surface area contributed by atoms with Crippen LogP contribution in [0, 0.1) is 0 Å². The van der Waals surface area contributed by atoms with Gasteiger partial charge in [0.05, 0.1) is 28.0 Å². The van der Waals surface area contributed by atoms with Gasteiger partial charge < -0.3 is 0 Å². The maximum atomic E-state index is 13.4. The largest absolute Gasteiger partial charge is 0.416 e. The Hall–Kier alpha value is -3.51. The summed E-state index contributed by atoms with van der Waals surface area (Å²) in [6, 6.07) is 8.98. The number of benzene rings is 3. The highest BCUT2D eigenvalue weighted by Gasteiger charge is 2.39. The molecule has 0 saturated carbocycles. The van der Waals surface area contributed by atoms with Crippen molar-refractivity contribution in [3.05, 3.63) is 106 Å². The molecule has 3 aromatic carbocycles. The number of nitrogens with zero attached hydrogens (tertiary/aromatic N) is 1. The van der Waals surface area contributed by atoms with E-state index in [4.69, 9.17) is 0 Å². The smallest absolute Gasteiger partial charge is 0.284 e. The molecule has 39 heavy (non-hydrogen) atoms. The number of halogens is 12. The lowest BCUT2D eigenvalue weighted by Crippen LogP contribution is -2.17.